The molecule has 6 heteroatoms. The van der Waals surface area contributed by atoms with Crippen molar-refractivity contribution in [3.63, 3.8) is 0 Å². The van der Waals surface area contributed by atoms with Crippen LogP contribution in [0.4, 0.5) is 5.69 Å². The molecule has 0 aliphatic carbocycles. The van der Waals surface area contributed by atoms with Crippen molar-refractivity contribution in [1.29, 1.82) is 0 Å². The molecule has 0 aliphatic rings. The molecule has 0 bridgehead atoms. The minimum absolute atomic E-state index is 0.131. The molecule has 28 heavy (non-hydrogen) atoms. The van der Waals surface area contributed by atoms with E-state index in [4.69, 9.17) is 16.3 Å². The van der Waals surface area contributed by atoms with E-state index >= 15 is 0 Å². The summed E-state index contributed by atoms with van der Waals surface area (Å²) in [6, 6.07) is 24.4. The number of imidazole rings is 1. The van der Waals surface area contributed by atoms with Gasteiger partial charge in [0.15, 0.2) is 0 Å². The van der Waals surface area contributed by atoms with Crippen molar-refractivity contribution < 1.29 is 9.53 Å². The number of hydrogen-bond donors (Lipinski definition) is 1. The van der Waals surface area contributed by atoms with Crippen LogP contribution in [0.1, 0.15) is 5.82 Å². The number of nitrogens with one attached hydrogen (secondary N) is 1. The van der Waals surface area contributed by atoms with Gasteiger partial charge in [-0.25, -0.2) is 4.98 Å². The highest BCUT2D eigenvalue weighted by Gasteiger charge is 2.15. The molecule has 0 unspecified atom stereocenters. The highest BCUT2D eigenvalue weighted by atomic mass is 35.5. The summed E-state index contributed by atoms with van der Waals surface area (Å²) in [5.41, 5.74) is 2.45. The van der Waals surface area contributed by atoms with Crippen molar-refractivity contribution in [2.24, 2.45) is 0 Å². The lowest BCUT2D eigenvalue weighted by Crippen LogP contribution is -2.20. The molecule has 0 atom stereocenters. The molecule has 1 amide bonds. The molecular weight excluding hydrogens is 374 g/mol. The zero-order valence-electron chi connectivity index (χ0n) is 15.0. The van der Waals surface area contributed by atoms with Crippen molar-refractivity contribution in [2.75, 3.05) is 5.32 Å². The summed E-state index contributed by atoms with van der Waals surface area (Å²) >= 11 is 6.17. The maximum atomic E-state index is 12.6. The third kappa shape index (κ3) is 4.00. The fourth-order valence-corrected chi connectivity index (χ4v) is 3.17. The SMILES string of the molecule is O=C(Cn1c(COc2ccccc2Cl)nc2ccccc21)Nc1ccccc1. The summed E-state index contributed by atoms with van der Waals surface area (Å²) in [6.45, 7) is 0.341. The third-order valence-corrected chi connectivity index (χ3v) is 4.60. The first-order valence-corrected chi connectivity index (χ1v) is 9.25. The minimum atomic E-state index is -0.131. The smallest absolute Gasteiger partial charge is 0.244 e. The Labute approximate surface area is 167 Å². The number of carbonyl (C=O) groups is 1. The highest BCUT2D eigenvalue weighted by molar-refractivity contribution is 6.32. The topological polar surface area (TPSA) is 56.2 Å². The van der Waals surface area contributed by atoms with Crippen LogP contribution in [0.5, 0.6) is 5.75 Å². The standard InChI is InChI=1S/C22H18ClN3O2/c23-17-10-4-7-13-20(17)28-15-21-25-18-11-5-6-12-19(18)26(21)14-22(27)24-16-8-2-1-3-9-16/h1-13H,14-15H2,(H,24,27). The van der Waals surface area contributed by atoms with E-state index in [1.54, 1.807) is 12.1 Å². The van der Waals surface area contributed by atoms with Gasteiger partial charge in [0.25, 0.3) is 0 Å². The van der Waals surface area contributed by atoms with Crippen LogP contribution in [0.2, 0.25) is 5.02 Å². The molecule has 1 heterocycles. The summed E-state index contributed by atoms with van der Waals surface area (Å²) in [6.07, 6.45) is 0. The van der Waals surface area contributed by atoms with Gasteiger partial charge < -0.3 is 14.6 Å². The Hall–Kier alpha value is -3.31. The predicted octanol–water partition coefficient (Wildman–Crippen LogP) is 4.91. The zero-order valence-corrected chi connectivity index (χ0v) is 15.8. The second-order valence-corrected chi connectivity index (χ2v) is 6.64. The first-order chi connectivity index (χ1) is 13.7. The molecule has 4 rings (SSSR count). The number of rotatable bonds is 6. The Kier molecular flexibility index (Phi) is 5.26. The summed E-state index contributed by atoms with van der Waals surface area (Å²) in [5.74, 6) is 1.11. The van der Waals surface area contributed by atoms with Crippen LogP contribution in [0.3, 0.4) is 0 Å². The quantitative estimate of drug-likeness (QED) is 0.508. The van der Waals surface area contributed by atoms with Crippen LogP contribution in [0, 0.1) is 0 Å². The van der Waals surface area contributed by atoms with E-state index in [0.717, 1.165) is 16.7 Å². The lowest BCUT2D eigenvalue weighted by atomic mass is 10.3. The molecule has 0 saturated heterocycles. The van der Waals surface area contributed by atoms with E-state index in [9.17, 15) is 4.79 Å². The number of carbonyl (C=O) groups excluding carboxylic acids is 1. The number of ether oxygens (including phenoxy) is 1. The van der Waals surface area contributed by atoms with Gasteiger partial charge in [0.05, 0.1) is 16.1 Å². The van der Waals surface area contributed by atoms with Crippen LogP contribution in [0.15, 0.2) is 78.9 Å². The van der Waals surface area contributed by atoms with E-state index in [1.807, 2.05) is 71.3 Å². The molecule has 1 aromatic heterocycles. The van der Waals surface area contributed by atoms with Gasteiger partial charge in [-0.05, 0) is 36.4 Å². The normalized spacial score (nSPS) is 10.8. The van der Waals surface area contributed by atoms with E-state index in [0.29, 0.717) is 16.6 Å². The largest absolute Gasteiger partial charge is 0.484 e. The molecule has 0 spiro atoms. The molecule has 4 aromatic rings. The van der Waals surface area contributed by atoms with Gasteiger partial charge in [-0.15, -0.1) is 0 Å². The van der Waals surface area contributed by atoms with Gasteiger partial charge in [-0.3, -0.25) is 4.79 Å². The Morgan fingerprint density at radius 1 is 0.964 bits per heavy atom. The van der Waals surface area contributed by atoms with Crippen LogP contribution in [-0.4, -0.2) is 15.5 Å². The van der Waals surface area contributed by atoms with Crippen molar-refractivity contribution in [1.82, 2.24) is 9.55 Å². The van der Waals surface area contributed by atoms with Crippen LogP contribution >= 0.6 is 11.6 Å². The van der Waals surface area contributed by atoms with E-state index in [-0.39, 0.29) is 19.1 Å². The third-order valence-electron chi connectivity index (χ3n) is 4.29. The first-order valence-electron chi connectivity index (χ1n) is 8.87. The Bertz CT molecular complexity index is 1110. The Morgan fingerprint density at radius 3 is 2.50 bits per heavy atom. The number of anilines is 1. The van der Waals surface area contributed by atoms with Crippen molar-refractivity contribution in [3.05, 3.63) is 89.7 Å². The molecule has 1 N–H and O–H groups in total. The number of amides is 1. The molecule has 0 fully saturated rings. The lowest BCUT2D eigenvalue weighted by Gasteiger charge is -2.11. The number of benzene rings is 3. The van der Waals surface area contributed by atoms with Crippen molar-refractivity contribution in [3.8, 4) is 5.75 Å². The average Bonchev–Trinajstić information content (AvgIpc) is 3.05. The van der Waals surface area contributed by atoms with Gasteiger partial charge in [-0.2, -0.15) is 0 Å². The number of nitrogens with zero attached hydrogens (tertiary/aromatic N) is 2. The summed E-state index contributed by atoms with van der Waals surface area (Å²) in [4.78, 5) is 17.2. The van der Waals surface area contributed by atoms with Crippen LogP contribution in [-0.2, 0) is 17.9 Å². The molecular formula is C22H18ClN3O2. The average molecular weight is 392 g/mol. The molecule has 5 nitrogen and oxygen atoms in total. The van der Waals surface area contributed by atoms with E-state index < -0.39 is 0 Å². The van der Waals surface area contributed by atoms with Gasteiger partial charge in [0.2, 0.25) is 5.91 Å². The van der Waals surface area contributed by atoms with Crippen LogP contribution in [0.25, 0.3) is 11.0 Å². The second kappa shape index (κ2) is 8.15. The fourth-order valence-electron chi connectivity index (χ4n) is 2.98. The lowest BCUT2D eigenvalue weighted by molar-refractivity contribution is -0.116. The van der Waals surface area contributed by atoms with Gasteiger partial charge in [0.1, 0.15) is 24.7 Å². The maximum Gasteiger partial charge on any atom is 0.244 e. The molecule has 0 radical (unpaired) electrons. The van der Waals surface area contributed by atoms with E-state index in [2.05, 4.69) is 10.3 Å². The van der Waals surface area contributed by atoms with E-state index in [1.165, 1.54) is 0 Å². The molecule has 3 aromatic carbocycles. The Morgan fingerprint density at radius 2 is 1.68 bits per heavy atom. The molecule has 0 saturated carbocycles. The molecule has 140 valence electrons. The minimum Gasteiger partial charge on any atom is -0.484 e. The summed E-state index contributed by atoms with van der Waals surface area (Å²) < 4.78 is 7.71. The van der Waals surface area contributed by atoms with Gasteiger partial charge in [-0.1, -0.05) is 54.1 Å². The zero-order chi connectivity index (χ0) is 19.3. The first kappa shape index (κ1) is 18.1. The van der Waals surface area contributed by atoms with Crippen LogP contribution < -0.4 is 10.1 Å². The van der Waals surface area contributed by atoms with Crippen molar-refractivity contribution in [2.45, 2.75) is 13.2 Å². The number of aromatic nitrogens is 2. The van der Waals surface area contributed by atoms with Crippen molar-refractivity contribution >= 4 is 34.2 Å². The van der Waals surface area contributed by atoms with Gasteiger partial charge >= 0.3 is 0 Å². The highest BCUT2D eigenvalue weighted by Crippen LogP contribution is 2.25. The molecule has 0 aliphatic heterocycles. The number of hydrogen-bond acceptors (Lipinski definition) is 3. The number of halogens is 1. The Balaban J connectivity index is 1.58. The monoisotopic (exact) mass is 391 g/mol. The van der Waals surface area contributed by atoms with Gasteiger partial charge in [0, 0.05) is 5.69 Å². The fraction of sp³-hybridized carbons (Fsp3) is 0.0909. The summed E-state index contributed by atoms with van der Waals surface area (Å²) in [7, 11) is 0. The number of para-hydroxylation sites is 4. The number of fused-ring (bicyclic) bond motifs is 1. The maximum absolute atomic E-state index is 12.6. The predicted molar refractivity (Wildman–Crippen MR) is 111 cm³/mol. The summed E-state index contributed by atoms with van der Waals surface area (Å²) in [5, 5.41) is 3.44. The second-order valence-electron chi connectivity index (χ2n) is 6.24.